The van der Waals surface area contributed by atoms with Crippen molar-refractivity contribution in [1.82, 2.24) is 5.32 Å². The van der Waals surface area contributed by atoms with E-state index in [9.17, 15) is 4.79 Å². The number of para-hydroxylation sites is 1. The molecule has 2 unspecified atom stereocenters. The topological polar surface area (TPSA) is 74.2 Å². The Labute approximate surface area is 131 Å². The van der Waals surface area contributed by atoms with Gasteiger partial charge in [0.1, 0.15) is 11.7 Å². The van der Waals surface area contributed by atoms with E-state index in [2.05, 4.69) is 16.7 Å². The second-order valence-electron chi connectivity index (χ2n) is 6.65. The summed E-state index contributed by atoms with van der Waals surface area (Å²) in [6.07, 6.45) is 2.33. The van der Waals surface area contributed by atoms with Crippen LogP contribution in [-0.4, -0.2) is 23.8 Å². The Kier molecular flexibility index (Phi) is 4.92. The number of alkyl carbamates (subject to hydrolysis) is 1. The van der Waals surface area contributed by atoms with Gasteiger partial charge in [0.15, 0.2) is 0 Å². The zero-order chi connectivity index (χ0) is 16.2. The van der Waals surface area contributed by atoms with Crippen molar-refractivity contribution in [2.75, 3.05) is 5.32 Å². The fourth-order valence-electron chi connectivity index (χ4n) is 2.64. The van der Waals surface area contributed by atoms with Gasteiger partial charge in [-0.05, 0) is 52.2 Å². The number of carbonyl (C=O) groups excluding carboxylic acids is 1. The van der Waals surface area contributed by atoms with Gasteiger partial charge < -0.3 is 15.4 Å². The van der Waals surface area contributed by atoms with Crippen molar-refractivity contribution in [2.45, 2.75) is 57.7 Å². The smallest absolute Gasteiger partial charge is 0.407 e. The van der Waals surface area contributed by atoms with E-state index >= 15 is 0 Å². The molecule has 1 aliphatic carbocycles. The lowest BCUT2D eigenvalue weighted by molar-refractivity contribution is 0.0505. The Hall–Kier alpha value is -2.22. The van der Waals surface area contributed by atoms with Crippen LogP contribution in [0.5, 0.6) is 0 Å². The summed E-state index contributed by atoms with van der Waals surface area (Å²) >= 11 is 0. The summed E-state index contributed by atoms with van der Waals surface area (Å²) in [5, 5.41) is 15.4. The van der Waals surface area contributed by atoms with Crippen molar-refractivity contribution in [2.24, 2.45) is 0 Å². The summed E-state index contributed by atoms with van der Waals surface area (Å²) in [4.78, 5) is 11.8. The van der Waals surface area contributed by atoms with Gasteiger partial charge in [0.2, 0.25) is 0 Å². The van der Waals surface area contributed by atoms with Gasteiger partial charge in [-0.25, -0.2) is 4.79 Å². The first kappa shape index (κ1) is 16.2. The van der Waals surface area contributed by atoms with Crippen molar-refractivity contribution in [3.05, 3.63) is 29.8 Å². The lowest BCUT2D eigenvalue weighted by atomic mass is 10.1. The largest absolute Gasteiger partial charge is 0.444 e. The molecule has 1 fully saturated rings. The van der Waals surface area contributed by atoms with Crippen LogP contribution in [-0.2, 0) is 4.74 Å². The first-order valence-electron chi connectivity index (χ1n) is 7.62. The number of benzene rings is 1. The average molecular weight is 301 g/mol. The molecule has 1 aliphatic rings. The van der Waals surface area contributed by atoms with Gasteiger partial charge in [0, 0.05) is 12.1 Å². The minimum absolute atomic E-state index is 0.113. The number of anilines is 1. The molecule has 0 spiro atoms. The highest BCUT2D eigenvalue weighted by Gasteiger charge is 2.27. The van der Waals surface area contributed by atoms with Gasteiger partial charge in [-0.1, -0.05) is 12.1 Å². The summed E-state index contributed by atoms with van der Waals surface area (Å²) in [5.74, 6) is 0. The molecule has 2 rings (SSSR count). The van der Waals surface area contributed by atoms with Crippen molar-refractivity contribution in [3.8, 4) is 6.07 Å². The second kappa shape index (κ2) is 6.69. The maximum atomic E-state index is 11.8. The summed E-state index contributed by atoms with van der Waals surface area (Å²) in [5.41, 5.74) is 1.02. The molecule has 1 aromatic rings. The van der Waals surface area contributed by atoms with Crippen LogP contribution >= 0.6 is 0 Å². The Bertz CT molecular complexity index is 572. The summed E-state index contributed by atoms with van der Waals surface area (Å²) in [6, 6.07) is 10.0. The molecule has 2 N–H and O–H groups in total. The van der Waals surface area contributed by atoms with Crippen molar-refractivity contribution >= 4 is 11.8 Å². The molecule has 2 atom stereocenters. The SMILES string of the molecule is CC(C)(C)OC(=O)NC1CCC(Nc2ccccc2C#N)C1. The molecule has 1 saturated carbocycles. The Morgan fingerprint density at radius 1 is 1.27 bits per heavy atom. The van der Waals surface area contributed by atoms with Crippen LogP contribution in [0.2, 0.25) is 0 Å². The van der Waals surface area contributed by atoms with Crippen LogP contribution in [0.15, 0.2) is 24.3 Å². The van der Waals surface area contributed by atoms with Crippen LogP contribution in [0.25, 0.3) is 0 Å². The summed E-state index contributed by atoms with van der Waals surface area (Å²) in [7, 11) is 0. The number of amides is 1. The predicted molar refractivity (Wildman–Crippen MR) is 85.6 cm³/mol. The lowest BCUT2D eigenvalue weighted by Crippen LogP contribution is -2.38. The zero-order valence-electron chi connectivity index (χ0n) is 13.3. The van der Waals surface area contributed by atoms with Gasteiger partial charge in [-0.2, -0.15) is 5.26 Å². The van der Waals surface area contributed by atoms with Crippen LogP contribution in [0.4, 0.5) is 10.5 Å². The molecule has 0 heterocycles. The van der Waals surface area contributed by atoms with Crippen molar-refractivity contribution in [1.29, 1.82) is 5.26 Å². The molecular formula is C17H23N3O2. The molecule has 0 bridgehead atoms. The molecule has 22 heavy (non-hydrogen) atoms. The van der Waals surface area contributed by atoms with E-state index in [1.54, 1.807) is 6.07 Å². The minimum atomic E-state index is -0.480. The number of carbonyl (C=O) groups is 1. The second-order valence-corrected chi connectivity index (χ2v) is 6.65. The average Bonchev–Trinajstić information content (AvgIpc) is 2.84. The number of nitriles is 1. The van der Waals surface area contributed by atoms with Crippen LogP contribution < -0.4 is 10.6 Å². The van der Waals surface area contributed by atoms with E-state index in [1.807, 2.05) is 39.0 Å². The molecule has 0 radical (unpaired) electrons. The molecule has 1 aromatic carbocycles. The first-order chi connectivity index (χ1) is 10.4. The van der Waals surface area contributed by atoms with E-state index in [4.69, 9.17) is 10.00 Å². The monoisotopic (exact) mass is 301 g/mol. The third kappa shape index (κ3) is 4.66. The fourth-order valence-corrected chi connectivity index (χ4v) is 2.64. The van der Waals surface area contributed by atoms with E-state index in [-0.39, 0.29) is 18.2 Å². The third-order valence-corrected chi connectivity index (χ3v) is 3.56. The fraction of sp³-hybridized carbons (Fsp3) is 0.529. The van der Waals surface area contributed by atoms with E-state index < -0.39 is 5.60 Å². The molecular weight excluding hydrogens is 278 g/mol. The van der Waals surface area contributed by atoms with Crippen LogP contribution in [0, 0.1) is 11.3 Å². The molecule has 118 valence electrons. The van der Waals surface area contributed by atoms with Gasteiger partial charge in [-0.3, -0.25) is 0 Å². The number of hydrogen-bond donors (Lipinski definition) is 2. The highest BCUT2D eigenvalue weighted by molar-refractivity contribution is 5.68. The highest BCUT2D eigenvalue weighted by atomic mass is 16.6. The summed E-state index contributed by atoms with van der Waals surface area (Å²) in [6.45, 7) is 5.55. The Balaban J connectivity index is 1.86. The number of rotatable bonds is 3. The lowest BCUT2D eigenvalue weighted by Gasteiger charge is -2.22. The standard InChI is InChI=1S/C17H23N3O2/c1-17(2,3)22-16(21)20-14-9-8-13(10-14)19-15-7-5-4-6-12(15)11-18/h4-7,13-14,19H,8-10H2,1-3H3,(H,20,21). The van der Waals surface area contributed by atoms with Crippen molar-refractivity contribution in [3.63, 3.8) is 0 Å². The number of nitrogens with zero attached hydrogens (tertiary/aromatic N) is 1. The maximum absolute atomic E-state index is 11.8. The zero-order valence-corrected chi connectivity index (χ0v) is 13.3. The molecule has 0 aromatic heterocycles. The molecule has 5 heteroatoms. The van der Waals surface area contributed by atoms with E-state index in [1.165, 1.54) is 0 Å². The number of ether oxygens (including phenoxy) is 1. The van der Waals surface area contributed by atoms with E-state index in [0.29, 0.717) is 5.56 Å². The molecule has 0 aliphatic heterocycles. The van der Waals surface area contributed by atoms with Gasteiger partial charge in [-0.15, -0.1) is 0 Å². The normalized spacial score (nSPS) is 21.0. The van der Waals surface area contributed by atoms with Crippen LogP contribution in [0.1, 0.15) is 45.6 Å². The Morgan fingerprint density at radius 2 is 1.95 bits per heavy atom. The van der Waals surface area contributed by atoms with Gasteiger partial charge in [0.05, 0.1) is 11.3 Å². The predicted octanol–water partition coefficient (Wildman–Crippen LogP) is 3.42. The number of hydrogen-bond acceptors (Lipinski definition) is 4. The maximum Gasteiger partial charge on any atom is 0.407 e. The van der Waals surface area contributed by atoms with E-state index in [0.717, 1.165) is 24.9 Å². The molecule has 1 amide bonds. The highest BCUT2D eigenvalue weighted by Crippen LogP contribution is 2.25. The Morgan fingerprint density at radius 3 is 2.64 bits per heavy atom. The molecule has 5 nitrogen and oxygen atoms in total. The summed E-state index contributed by atoms with van der Waals surface area (Å²) < 4.78 is 5.28. The molecule has 0 saturated heterocycles. The third-order valence-electron chi connectivity index (χ3n) is 3.56. The van der Waals surface area contributed by atoms with Gasteiger partial charge in [0.25, 0.3) is 0 Å². The number of nitrogens with one attached hydrogen (secondary N) is 2. The minimum Gasteiger partial charge on any atom is -0.444 e. The quantitative estimate of drug-likeness (QED) is 0.897. The van der Waals surface area contributed by atoms with Crippen LogP contribution in [0.3, 0.4) is 0 Å². The first-order valence-corrected chi connectivity index (χ1v) is 7.62. The van der Waals surface area contributed by atoms with Gasteiger partial charge >= 0.3 is 6.09 Å². The van der Waals surface area contributed by atoms with Crippen molar-refractivity contribution < 1.29 is 9.53 Å².